The maximum absolute atomic E-state index is 9.70. The van der Waals surface area contributed by atoms with Crippen molar-refractivity contribution < 1.29 is 9.84 Å². The van der Waals surface area contributed by atoms with E-state index in [2.05, 4.69) is 43.3 Å². The molecule has 2 nitrogen and oxygen atoms in total. The third kappa shape index (κ3) is 4.72. The molecule has 0 aliphatic carbocycles. The molecule has 0 aliphatic heterocycles. The van der Waals surface area contributed by atoms with Crippen LogP contribution in [0.15, 0.2) is 78.9 Å². The molecular formula is C24H23ClO2. The normalized spacial score (nSPS) is 11.8. The number of halogens is 1. The largest absolute Gasteiger partial charge is 0.508 e. The Kier molecular flexibility index (Phi) is 6.56. The molecule has 0 radical (unpaired) electrons. The second-order valence-corrected chi connectivity index (χ2v) is 6.56. The summed E-state index contributed by atoms with van der Waals surface area (Å²) < 4.78 is 5.60. The van der Waals surface area contributed by atoms with Gasteiger partial charge >= 0.3 is 0 Å². The summed E-state index contributed by atoms with van der Waals surface area (Å²) in [6, 6.07) is 25.9. The van der Waals surface area contributed by atoms with E-state index in [0.717, 1.165) is 28.9 Å². The molecule has 3 heteroatoms. The van der Waals surface area contributed by atoms with E-state index in [4.69, 9.17) is 16.3 Å². The number of allylic oxidation sites excluding steroid dienone is 1. The third-order valence-corrected chi connectivity index (χ3v) is 4.58. The first-order valence-corrected chi connectivity index (χ1v) is 9.63. The Morgan fingerprint density at radius 2 is 1.41 bits per heavy atom. The summed E-state index contributed by atoms with van der Waals surface area (Å²) in [6.45, 7) is 2.66. The van der Waals surface area contributed by atoms with Gasteiger partial charge in [-0.3, -0.25) is 0 Å². The van der Waals surface area contributed by atoms with Gasteiger partial charge in [-0.1, -0.05) is 61.5 Å². The zero-order valence-corrected chi connectivity index (χ0v) is 16.1. The van der Waals surface area contributed by atoms with E-state index in [1.54, 1.807) is 12.1 Å². The fraction of sp³-hybridized carbons (Fsp3) is 0.167. The molecule has 0 aromatic heterocycles. The third-order valence-electron chi connectivity index (χ3n) is 4.42. The highest BCUT2D eigenvalue weighted by atomic mass is 35.5. The topological polar surface area (TPSA) is 29.5 Å². The number of phenolic OH excluding ortho intramolecular Hbond substituents is 1. The maximum Gasteiger partial charge on any atom is 0.119 e. The van der Waals surface area contributed by atoms with Gasteiger partial charge in [-0.25, -0.2) is 0 Å². The van der Waals surface area contributed by atoms with Gasteiger partial charge in [0, 0.05) is 0 Å². The summed E-state index contributed by atoms with van der Waals surface area (Å²) >= 11 is 5.70. The molecule has 27 heavy (non-hydrogen) atoms. The number of aromatic hydroxyl groups is 1. The molecule has 0 saturated heterocycles. The Morgan fingerprint density at radius 3 is 1.96 bits per heavy atom. The van der Waals surface area contributed by atoms with E-state index in [-0.39, 0.29) is 5.75 Å². The first-order chi connectivity index (χ1) is 13.2. The minimum atomic E-state index is 0.265. The lowest BCUT2D eigenvalue weighted by atomic mass is 9.88. The van der Waals surface area contributed by atoms with Crippen molar-refractivity contribution in [2.75, 3.05) is 12.5 Å². The molecule has 3 rings (SSSR count). The van der Waals surface area contributed by atoms with Crippen LogP contribution in [-0.4, -0.2) is 17.6 Å². The van der Waals surface area contributed by atoms with Gasteiger partial charge in [0.15, 0.2) is 0 Å². The summed E-state index contributed by atoms with van der Waals surface area (Å²) in [7, 11) is 0. The highest BCUT2D eigenvalue weighted by molar-refractivity contribution is 6.18. The molecule has 3 aromatic rings. The van der Waals surface area contributed by atoms with Crippen molar-refractivity contribution in [2.45, 2.75) is 13.3 Å². The van der Waals surface area contributed by atoms with Gasteiger partial charge in [0.1, 0.15) is 18.1 Å². The van der Waals surface area contributed by atoms with Crippen LogP contribution < -0.4 is 4.74 Å². The molecule has 0 heterocycles. The number of hydrogen-bond acceptors (Lipinski definition) is 2. The van der Waals surface area contributed by atoms with Gasteiger partial charge in [-0.05, 0) is 58.5 Å². The fourth-order valence-corrected chi connectivity index (χ4v) is 3.26. The minimum absolute atomic E-state index is 0.265. The second-order valence-electron chi connectivity index (χ2n) is 6.18. The van der Waals surface area contributed by atoms with Crippen molar-refractivity contribution in [3.05, 3.63) is 95.6 Å². The Balaban J connectivity index is 2.13. The molecular weight excluding hydrogens is 356 g/mol. The minimum Gasteiger partial charge on any atom is -0.508 e. The average molecular weight is 379 g/mol. The monoisotopic (exact) mass is 378 g/mol. The Bertz CT molecular complexity index is 882. The Labute approximate surface area is 165 Å². The van der Waals surface area contributed by atoms with Crippen LogP contribution in [0, 0.1) is 0 Å². The zero-order valence-electron chi connectivity index (χ0n) is 15.4. The highest BCUT2D eigenvalue weighted by Crippen LogP contribution is 2.35. The number of phenols is 1. The van der Waals surface area contributed by atoms with Crippen LogP contribution in [-0.2, 0) is 0 Å². The van der Waals surface area contributed by atoms with E-state index in [1.165, 1.54) is 11.1 Å². The molecule has 0 saturated carbocycles. The molecule has 0 aliphatic rings. The van der Waals surface area contributed by atoms with Gasteiger partial charge in [0.05, 0.1) is 5.88 Å². The van der Waals surface area contributed by atoms with Crippen molar-refractivity contribution in [2.24, 2.45) is 0 Å². The predicted octanol–water partition coefficient (Wildman–Crippen LogP) is 6.38. The smallest absolute Gasteiger partial charge is 0.119 e. The molecule has 0 fully saturated rings. The van der Waals surface area contributed by atoms with Gasteiger partial charge in [0.2, 0.25) is 0 Å². The van der Waals surface area contributed by atoms with E-state index in [0.29, 0.717) is 12.5 Å². The van der Waals surface area contributed by atoms with Gasteiger partial charge in [-0.15, -0.1) is 11.6 Å². The van der Waals surface area contributed by atoms with Crippen LogP contribution in [0.2, 0.25) is 0 Å². The predicted molar refractivity (Wildman–Crippen MR) is 113 cm³/mol. The average Bonchev–Trinajstić information content (AvgIpc) is 2.72. The second kappa shape index (κ2) is 9.29. The fourth-order valence-electron chi connectivity index (χ4n) is 3.18. The standard InChI is InChI=1S/C24H23ClO2/c1-2-23(18-6-4-3-5-7-18)24(19-8-12-21(26)13-9-19)20-10-14-22(15-11-20)27-17-16-25/h3-15,26H,2,16-17H2,1H3/b24-23-. The SMILES string of the molecule is CC/C(=C(\c1ccc(O)cc1)c1ccc(OCCCl)cc1)c1ccccc1. The van der Waals surface area contributed by atoms with E-state index < -0.39 is 0 Å². The molecule has 0 atom stereocenters. The van der Waals surface area contributed by atoms with Crippen molar-refractivity contribution >= 4 is 22.7 Å². The summed E-state index contributed by atoms with van der Waals surface area (Å²) in [5, 5.41) is 9.70. The molecule has 0 amide bonds. The first kappa shape index (κ1) is 19.1. The van der Waals surface area contributed by atoms with Crippen molar-refractivity contribution in [3.63, 3.8) is 0 Å². The van der Waals surface area contributed by atoms with E-state index in [9.17, 15) is 5.11 Å². The van der Waals surface area contributed by atoms with Gasteiger partial charge in [-0.2, -0.15) is 0 Å². The van der Waals surface area contributed by atoms with E-state index in [1.807, 2.05) is 30.3 Å². The van der Waals surface area contributed by atoms with Crippen molar-refractivity contribution in [3.8, 4) is 11.5 Å². The lowest BCUT2D eigenvalue weighted by Crippen LogP contribution is -1.99. The summed E-state index contributed by atoms with van der Waals surface area (Å²) in [5.41, 5.74) is 5.80. The molecule has 0 unspecified atom stereocenters. The van der Waals surface area contributed by atoms with Crippen LogP contribution in [0.4, 0.5) is 0 Å². The number of benzene rings is 3. The summed E-state index contributed by atoms with van der Waals surface area (Å²) in [4.78, 5) is 0. The maximum atomic E-state index is 9.70. The molecule has 3 aromatic carbocycles. The van der Waals surface area contributed by atoms with Crippen molar-refractivity contribution in [1.29, 1.82) is 0 Å². The van der Waals surface area contributed by atoms with Crippen LogP contribution in [0.25, 0.3) is 11.1 Å². The van der Waals surface area contributed by atoms with Gasteiger partial charge < -0.3 is 9.84 Å². The molecule has 138 valence electrons. The van der Waals surface area contributed by atoms with Crippen molar-refractivity contribution in [1.82, 2.24) is 0 Å². The summed E-state index contributed by atoms with van der Waals surface area (Å²) in [6.07, 6.45) is 0.894. The molecule has 0 spiro atoms. The quantitative estimate of drug-likeness (QED) is 0.382. The Morgan fingerprint density at radius 1 is 0.815 bits per heavy atom. The van der Waals surface area contributed by atoms with Crippen LogP contribution in [0.3, 0.4) is 0 Å². The highest BCUT2D eigenvalue weighted by Gasteiger charge is 2.13. The zero-order chi connectivity index (χ0) is 19.1. The molecule has 1 N–H and O–H groups in total. The lowest BCUT2D eigenvalue weighted by Gasteiger charge is -2.17. The first-order valence-electron chi connectivity index (χ1n) is 9.10. The number of hydrogen-bond donors (Lipinski definition) is 1. The summed E-state index contributed by atoms with van der Waals surface area (Å²) in [5.74, 6) is 1.54. The van der Waals surface area contributed by atoms with Gasteiger partial charge in [0.25, 0.3) is 0 Å². The Hall–Kier alpha value is -2.71. The number of rotatable bonds is 7. The lowest BCUT2D eigenvalue weighted by molar-refractivity contribution is 0.343. The van der Waals surface area contributed by atoms with E-state index >= 15 is 0 Å². The van der Waals surface area contributed by atoms with Crippen LogP contribution in [0.1, 0.15) is 30.0 Å². The molecule has 0 bridgehead atoms. The van der Waals surface area contributed by atoms with Crippen LogP contribution >= 0.6 is 11.6 Å². The van der Waals surface area contributed by atoms with Crippen LogP contribution in [0.5, 0.6) is 11.5 Å². The number of ether oxygens (including phenoxy) is 1. The number of alkyl halides is 1.